The number of carbonyl (C=O) groups is 1. The molecule has 0 radical (unpaired) electrons. The van der Waals surface area contributed by atoms with Crippen LogP contribution in [0.1, 0.15) is 24.8 Å². The third-order valence-electron chi connectivity index (χ3n) is 3.86. The van der Waals surface area contributed by atoms with Crippen molar-refractivity contribution >= 4 is 6.29 Å². The molecule has 106 valence electrons. The summed E-state index contributed by atoms with van der Waals surface area (Å²) < 4.78 is 0. The van der Waals surface area contributed by atoms with E-state index in [1.54, 1.807) is 0 Å². The Labute approximate surface area is 119 Å². The molecule has 0 amide bonds. The van der Waals surface area contributed by atoms with Crippen molar-refractivity contribution in [3.63, 3.8) is 0 Å². The van der Waals surface area contributed by atoms with E-state index in [1.807, 2.05) is 30.3 Å². The zero-order chi connectivity index (χ0) is 14.4. The highest BCUT2D eigenvalue weighted by molar-refractivity contribution is 5.50. The van der Waals surface area contributed by atoms with Gasteiger partial charge in [-0.1, -0.05) is 42.2 Å². The van der Waals surface area contributed by atoms with E-state index in [1.165, 1.54) is 0 Å². The van der Waals surface area contributed by atoms with Gasteiger partial charge < -0.3 is 15.0 Å². The minimum Gasteiger partial charge on any atom is -0.393 e. The highest BCUT2D eigenvalue weighted by atomic mass is 16.3. The van der Waals surface area contributed by atoms with Crippen molar-refractivity contribution in [1.82, 2.24) is 0 Å². The van der Waals surface area contributed by atoms with Gasteiger partial charge in [0.1, 0.15) is 12.4 Å². The Morgan fingerprint density at radius 2 is 2.05 bits per heavy atom. The maximum absolute atomic E-state index is 10.6. The number of aliphatic hydroxyl groups is 2. The number of carbonyl (C=O) groups excluding carboxylic acids is 1. The molecule has 0 spiro atoms. The normalized spacial score (nSPS) is 26.6. The molecular weight excluding hydrogens is 252 g/mol. The molecule has 0 aromatic heterocycles. The first-order chi connectivity index (χ1) is 9.70. The summed E-state index contributed by atoms with van der Waals surface area (Å²) >= 11 is 0. The van der Waals surface area contributed by atoms with Crippen LogP contribution >= 0.6 is 0 Å². The summed E-state index contributed by atoms with van der Waals surface area (Å²) in [5.41, 5.74) is 1.05. The molecule has 1 unspecified atom stereocenters. The standard InChI is InChI=1S/C17H20O3/c18-11-10-16-14(7-9-17(16)20)6-8-15(19)12-13-4-2-1-3-5-13/h1-5,11,14-17,19-20H,7,9-10,12H2/t14-,15?,16+,17-/m0/s1. The van der Waals surface area contributed by atoms with E-state index in [0.29, 0.717) is 19.3 Å². The van der Waals surface area contributed by atoms with Gasteiger partial charge in [0.05, 0.1) is 6.10 Å². The molecule has 3 nitrogen and oxygen atoms in total. The van der Waals surface area contributed by atoms with Gasteiger partial charge in [-0.25, -0.2) is 0 Å². The number of benzene rings is 1. The lowest BCUT2D eigenvalue weighted by molar-refractivity contribution is -0.109. The molecule has 1 aromatic carbocycles. The Morgan fingerprint density at radius 3 is 2.75 bits per heavy atom. The minimum absolute atomic E-state index is 0.0145. The van der Waals surface area contributed by atoms with E-state index in [0.717, 1.165) is 18.3 Å². The molecule has 0 saturated heterocycles. The van der Waals surface area contributed by atoms with Crippen LogP contribution in [0.4, 0.5) is 0 Å². The molecule has 0 aliphatic heterocycles. The summed E-state index contributed by atoms with van der Waals surface area (Å²) in [6, 6.07) is 9.72. The SMILES string of the molecule is O=CC[C@H]1[C@@H](O)CC[C@@H]1C#CC(O)Cc1ccccc1. The predicted octanol–water partition coefficient (Wildman–Crippen LogP) is 1.57. The Bertz CT molecular complexity index is 486. The van der Waals surface area contributed by atoms with Crippen LogP contribution in [-0.4, -0.2) is 28.7 Å². The van der Waals surface area contributed by atoms with Crippen LogP contribution in [-0.2, 0) is 11.2 Å². The van der Waals surface area contributed by atoms with Gasteiger partial charge in [-0.05, 0) is 18.4 Å². The summed E-state index contributed by atoms with van der Waals surface area (Å²) in [6.07, 6.45) is 2.03. The second-order valence-electron chi connectivity index (χ2n) is 5.31. The van der Waals surface area contributed by atoms with Crippen molar-refractivity contribution in [2.75, 3.05) is 0 Å². The predicted molar refractivity (Wildman–Crippen MR) is 76.8 cm³/mol. The molecule has 3 heteroatoms. The highest BCUT2D eigenvalue weighted by Crippen LogP contribution is 2.33. The van der Waals surface area contributed by atoms with Crippen LogP contribution in [0, 0.1) is 23.7 Å². The van der Waals surface area contributed by atoms with Crippen LogP contribution in [0.25, 0.3) is 0 Å². The molecule has 2 N–H and O–H groups in total. The zero-order valence-corrected chi connectivity index (χ0v) is 11.4. The van der Waals surface area contributed by atoms with Gasteiger partial charge >= 0.3 is 0 Å². The van der Waals surface area contributed by atoms with Crippen LogP contribution in [0.15, 0.2) is 30.3 Å². The largest absolute Gasteiger partial charge is 0.393 e. The summed E-state index contributed by atoms with van der Waals surface area (Å²) in [5.74, 6) is 5.84. The van der Waals surface area contributed by atoms with Crippen molar-refractivity contribution in [1.29, 1.82) is 0 Å². The van der Waals surface area contributed by atoms with Gasteiger partial charge in [0.2, 0.25) is 0 Å². The first-order valence-corrected chi connectivity index (χ1v) is 7.05. The molecule has 1 saturated carbocycles. The average Bonchev–Trinajstić information content (AvgIpc) is 2.79. The fourth-order valence-electron chi connectivity index (χ4n) is 2.75. The number of hydrogen-bond donors (Lipinski definition) is 2. The molecular formula is C17H20O3. The van der Waals surface area contributed by atoms with Crippen LogP contribution in [0.2, 0.25) is 0 Å². The van der Waals surface area contributed by atoms with Crippen molar-refractivity contribution in [2.24, 2.45) is 11.8 Å². The quantitative estimate of drug-likeness (QED) is 0.646. The third kappa shape index (κ3) is 3.93. The van der Waals surface area contributed by atoms with E-state index in [-0.39, 0.29) is 11.8 Å². The first-order valence-electron chi connectivity index (χ1n) is 7.05. The Balaban J connectivity index is 1.94. The number of hydrogen-bond acceptors (Lipinski definition) is 3. The number of rotatable bonds is 4. The lowest BCUT2D eigenvalue weighted by Gasteiger charge is -2.15. The maximum atomic E-state index is 10.6. The van der Waals surface area contributed by atoms with Crippen molar-refractivity contribution in [3.05, 3.63) is 35.9 Å². The van der Waals surface area contributed by atoms with Gasteiger partial charge in [-0.3, -0.25) is 0 Å². The molecule has 1 aliphatic carbocycles. The van der Waals surface area contributed by atoms with Crippen molar-refractivity contribution in [3.8, 4) is 11.8 Å². The van der Waals surface area contributed by atoms with Gasteiger partial charge in [-0.15, -0.1) is 0 Å². The average molecular weight is 272 g/mol. The van der Waals surface area contributed by atoms with E-state index < -0.39 is 12.2 Å². The molecule has 2 rings (SSSR count). The smallest absolute Gasteiger partial charge is 0.120 e. The number of aldehydes is 1. The maximum Gasteiger partial charge on any atom is 0.120 e. The molecule has 1 aliphatic rings. The topological polar surface area (TPSA) is 57.5 Å². The lowest BCUT2D eigenvalue weighted by Crippen LogP contribution is -2.19. The third-order valence-corrected chi connectivity index (χ3v) is 3.86. The highest BCUT2D eigenvalue weighted by Gasteiger charge is 2.33. The first kappa shape index (κ1) is 14.8. The summed E-state index contributed by atoms with van der Waals surface area (Å²) in [7, 11) is 0. The second kappa shape index (κ2) is 7.23. The minimum atomic E-state index is -0.702. The van der Waals surface area contributed by atoms with Gasteiger partial charge in [0.15, 0.2) is 0 Å². The lowest BCUT2D eigenvalue weighted by atomic mass is 9.92. The van der Waals surface area contributed by atoms with E-state index in [2.05, 4.69) is 11.8 Å². The van der Waals surface area contributed by atoms with Gasteiger partial charge in [-0.2, -0.15) is 0 Å². The fraction of sp³-hybridized carbons (Fsp3) is 0.471. The van der Waals surface area contributed by atoms with E-state index >= 15 is 0 Å². The Kier molecular flexibility index (Phi) is 5.34. The molecule has 4 atom stereocenters. The molecule has 1 aromatic rings. The Morgan fingerprint density at radius 1 is 1.30 bits per heavy atom. The van der Waals surface area contributed by atoms with Crippen molar-refractivity contribution < 1.29 is 15.0 Å². The van der Waals surface area contributed by atoms with Crippen molar-refractivity contribution in [2.45, 2.75) is 37.9 Å². The van der Waals surface area contributed by atoms with E-state index in [4.69, 9.17) is 0 Å². The van der Waals surface area contributed by atoms with Gasteiger partial charge in [0.25, 0.3) is 0 Å². The monoisotopic (exact) mass is 272 g/mol. The molecule has 20 heavy (non-hydrogen) atoms. The van der Waals surface area contributed by atoms with E-state index in [9.17, 15) is 15.0 Å². The van der Waals surface area contributed by atoms with Crippen LogP contribution in [0.3, 0.4) is 0 Å². The zero-order valence-electron chi connectivity index (χ0n) is 11.4. The summed E-state index contributed by atoms with van der Waals surface area (Å²) in [4.78, 5) is 10.6. The van der Waals surface area contributed by atoms with Crippen LogP contribution < -0.4 is 0 Å². The second-order valence-corrected chi connectivity index (χ2v) is 5.31. The van der Waals surface area contributed by atoms with Gasteiger partial charge in [0, 0.05) is 24.7 Å². The summed E-state index contributed by atoms with van der Waals surface area (Å²) in [5, 5.41) is 19.7. The molecule has 0 heterocycles. The fourth-order valence-corrected chi connectivity index (χ4v) is 2.75. The van der Waals surface area contributed by atoms with Crippen LogP contribution in [0.5, 0.6) is 0 Å². The Hall–Kier alpha value is -1.63. The summed E-state index contributed by atoms with van der Waals surface area (Å²) in [6.45, 7) is 0. The number of aliphatic hydroxyl groups excluding tert-OH is 2. The molecule has 0 bridgehead atoms. The molecule has 1 fully saturated rings.